The van der Waals surface area contributed by atoms with Crippen LogP contribution in [-0.2, 0) is 14.3 Å². The van der Waals surface area contributed by atoms with Crippen LogP contribution in [0, 0.1) is 0 Å². The van der Waals surface area contributed by atoms with Gasteiger partial charge in [0, 0.05) is 0 Å². The lowest BCUT2D eigenvalue weighted by Gasteiger charge is -2.09. The monoisotopic (exact) mass is 319 g/mol. The number of primary amides is 1. The maximum Gasteiger partial charge on any atom is 0.344 e. The standard InChI is InChI=1S/C16H14ClNO4/c17-13-8-12(11-4-2-1-3-5-11)6-7-14(13)21-10-16(20)22-9-15(18)19/h1-8H,9-10H2,(H2,18,19). The normalized spacial score (nSPS) is 10.0. The van der Waals surface area contributed by atoms with E-state index in [-0.39, 0.29) is 6.61 Å². The summed E-state index contributed by atoms with van der Waals surface area (Å²) in [6.45, 7) is -0.819. The van der Waals surface area contributed by atoms with Crippen molar-refractivity contribution in [2.75, 3.05) is 13.2 Å². The fourth-order valence-corrected chi connectivity index (χ4v) is 1.99. The minimum atomic E-state index is -0.724. The van der Waals surface area contributed by atoms with Gasteiger partial charge in [-0.15, -0.1) is 0 Å². The molecule has 0 bridgehead atoms. The van der Waals surface area contributed by atoms with Crippen LogP contribution in [0.4, 0.5) is 0 Å². The highest BCUT2D eigenvalue weighted by atomic mass is 35.5. The average molecular weight is 320 g/mol. The molecule has 0 spiro atoms. The van der Waals surface area contributed by atoms with E-state index in [1.54, 1.807) is 12.1 Å². The lowest BCUT2D eigenvalue weighted by molar-refractivity contribution is -0.149. The summed E-state index contributed by atoms with van der Waals surface area (Å²) in [7, 11) is 0. The summed E-state index contributed by atoms with van der Waals surface area (Å²) in [5.41, 5.74) is 6.83. The van der Waals surface area contributed by atoms with Gasteiger partial charge in [-0.3, -0.25) is 4.79 Å². The molecular weight excluding hydrogens is 306 g/mol. The van der Waals surface area contributed by atoms with Crippen molar-refractivity contribution in [3.05, 3.63) is 53.6 Å². The van der Waals surface area contributed by atoms with Crippen LogP contribution in [0.2, 0.25) is 5.02 Å². The summed E-state index contributed by atoms with van der Waals surface area (Å²) in [5.74, 6) is -1.06. The third-order valence-corrected chi connectivity index (χ3v) is 3.06. The van der Waals surface area contributed by atoms with Crippen LogP contribution in [-0.4, -0.2) is 25.1 Å². The van der Waals surface area contributed by atoms with Crippen molar-refractivity contribution in [1.29, 1.82) is 0 Å². The first kappa shape index (κ1) is 15.9. The predicted octanol–water partition coefficient (Wildman–Crippen LogP) is 2.41. The number of esters is 1. The summed E-state index contributed by atoms with van der Waals surface area (Å²) in [6.07, 6.45) is 0. The fraction of sp³-hybridized carbons (Fsp3) is 0.125. The second kappa shape index (κ2) is 7.47. The predicted molar refractivity (Wildman–Crippen MR) is 82.5 cm³/mol. The molecule has 2 aromatic carbocycles. The highest BCUT2D eigenvalue weighted by Crippen LogP contribution is 2.30. The zero-order valence-corrected chi connectivity index (χ0v) is 12.4. The molecule has 2 N–H and O–H groups in total. The first-order valence-corrected chi connectivity index (χ1v) is 6.86. The molecular formula is C16H14ClNO4. The van der Waals surface area contributed by atoms with E-state index in [2.05, 4.69) is 4.74 Å². The third kappa shape index (κ3) is 4.49. The maximum absolute atomic E-state index is 11.3. The molecule has 114 valence electrons. The van der Waals surface area contributed by atoms with E-state index in [1.165, 1.54) is 0 Å². The topological polar surface area (TPSA) is 78.6 Å². The zero-order chi connectivity index (χ0) is 15.9. The van der Waals surface area contributed by atoms with Gasteiger partial charge in [-0.25, -0.2) is 4.79 Å². The average Bonchev–Trinajstić information content (AvgIpc) is 2.52. The summed E-state index contributed by atoms with van der Waals surface area (Å²) >= 11 is 6.14. The Kier molecular flexibility index (Phi) is 5.38. The Balaban J connectivity index is 1.98. The second-order valence-electron chi connectivity index (χ2n) is 4.43. The van der Waals surface area contributed by atoms with E-state index in [1.807, 2.05) is 36.4 Å². The van der Waals surface area contributed by atoms with Gasteiger partial charge in [0.1, 0.15) is 5.75 Å². The number of amides is 1. The molecule has 0 fully saturated rings. The molecule has 0 unspecified atom stereocenters. The van der Waals surface area contributed by atoms with Crippen molar-refractivity contribution in [1.82, 2.24) is 0 Å². The summed E-state index contributed by atoms with van der Waals surface area (Å²) in [6, 6.07) is 15.0. The Morgan fingerprint density at radius 3 is 2.36 bits per heavy atom. The minimum absolute atomic E-state index is 0.350. The largest absolute Gasteiger partial charge is 0.480 e. The van der Waals surface area contributed by atoms with Crippen LogP contribution < -0.4 is 10.5 Å². The molecule has 2 aromatic rings. The molecule has 0 heterocycles. The van der Waals surface area contributed by atoms with Gasteiger partial charge in [0.05, 0.1) is 5.02 Å². The lowest BCUT2D eigenvalue weighted by atomic mass is 10.1. The first-order valence-electron chi connectivity index (χ1n) is 6.48. The summed E-state index contributed by atoms with van der Waals surface area (Å²) in [4.78, 5) is 21.8. The summed E-state index contributed by atoms with van der Waals surface area (Å²) < 4.78 is 9.84. The van der Waals surface area contributed by atoms with Crippen molar-refractivity contribution < 1.29 is 19.1 Å². The molecule has 0 aliphatic carbocycles. The SMILES string of the molecule is NC(=O)COC(=O)COc1ccc(-c2ccccc2)cc1Cl. The molecule has 0 saturated carbocycles. The summed E-state index contributed by atoms with van der Waals surface area (Å²) in [5, 5.41) is 0.379. The first-order chi connectivity index (χ1) is 10.6. The van der Waals surface area contributed by atoms with Crippen molar-refractivity contribution in [3.63, 3.8) is 0 Å². The van der Waals surface area contributed by atoms with Crippen molar-refractivity contribution in [3.8, 4) is 16.9 Å². The van der Waals surface area contributed by atoms with Gasteiger partial charge in [-0.05, 0) is 23.3 Å². The fourth-order valence-electron chi connectivity index (χ4n) is 1.76. The number of halogens is 1. The molecule has 0 atom stereocenters. The Morgan fingerprint density at radius 1 is 1.00 bits per heavy atom. The van der Waals surface area contributed by atoms with Crippen LogP contribution in [0.5, 0.6) is 5.75 Å². The van der Waals surface area contributed by atoms with Gasteiger partial charge >= 0.3 is 5.97 Å². The van der Waals surface area contributed by atoms with Crippen LogP contribution in [0.1, 0.15) is 0 Å². The van der Waals surface area contributed by atoms with Gasteiger partial charge in [0.25, 0.3) is 5.91 Å². The van der Waals surface area contributed by atoms with Gasteiger partial charge < -0.3 is 15.2 Å². The number of benzene rings is 2. The number of carbonyl (C=O) groups excluding carboxylic acids is 2. The van der Waals surface area contributed by atoms with Gasteiger partial charge in [0.2, 0.25) is 0 Å². The number of carbonyl (C=O) groups is 2. The Hall–Kier alpha value is -2.53. The number of hydrogen-bond donors (Lipinski definition) is 1. The molecule has 2 rings (SSSR count). The molecule has 0 radical (unpaired) electrons. The van der Waals surface area contributed by atoms with Crippen molar-refractivity contribution >= 4 is 23.5 Å². The number of rotatable bonds is 6. The van der Waals surface area contributed by atoms with Crippen LogP contribution in [0.15, 0.2) is 48.5 Å². The maximum atomic E-state index is 11.3. The molecule has 0 aliphatic heterocycles. The lowest BCUT2D eigenvalue weighted by Crippen LogP contribution is -2.23. The van der Waals surface area contributed by atoms with E-state index in [9.17, 15) is 9.59 Å². The minimum Gasteiger partial charge on any atom is -0.480 e. The van der Waals surface area contributed by atoms with Gasteiger partial charge in [-0.1, -0.05) is 48.0 Å². The zero-order valence-electron chi connectivity index (χ0n) is 11.6. The number of ether oxygens (including phenoxy) is 2. The molecule has 6 heteroatoms. The Bertz CT molecular complexity index is 673. The Labute approximate surface area is 132 Å². The molecule has 0 aromatic heterocycles. The molecule has 22 heavy (non-hydrogen) atoms. The van der Waals surface area contributed by atoms with Crippen molar-refractivity contribution in [2.24, 2.45) is 5.73 Å². The van der Waals surface area contributed by atoms with E-state index in [4.69, 9.17) is 22.1 Å². The second-order valence-corrected chi connectivity index (χ2v) is 4.83. The van der Waals surface area contributed by atoms with Gasteiger partial charge in [-0.2, -0.15) is 0 Å². The van der Waals surface area contributed by atoms with Crippen LogP contribution in [0.25, 0.3) is 11.1 Å². The highest BCUT2D eigenvalue weighted by Gasteiger charge is 2.09. The van der Waals surface area contributed by atoms with E-state index in [0.29, 0.717) is 10.8 Å². The van der Waals surface area contributed by atoms with Crippen LogP contribution >= 0.6 is 11.6 Å². The van der Waals surface area contributed by atoms with Crippen molar-refractivity contribution in [2.45, 2.75) is 0 Å². The van der Waals surface area contributed by atoms with E-state index < -0.39 is 18.5 Å². The van der Waals surface area contributed by atoms with Gasteiger partial charge in [0.15, 0.2) is 13.2 Å². The quantitative estimate of drug-likeness (QED) is 0.829. The molecule has 5 nitrogen and oxygen atoms in total. The molecule has 0 aliphatic rings. The molecule has 1 amide bonds. The smallest absolute Gasteiger partial charge is 0.344 e. The van der Waals surface area contributed by atoms with Crippen LogP contribution in [0.3, 0.4) is 0 Å². The Morgan fingerprint density at radius 2 is 1.73 bits per heavy atom. The number of hydrogen-bond acceptors (Lipinski definition) is 4. The molecule has 0 saturated heterocycles. The number of nitrogens with two attached hydrogens (primary N) is 1. The van der Waals surface area contributed by atoms with E-state index >= 15 is 0 Å². The highest BCUT2D eigenvalue weighted by molar-refractivity contribution is 6.32. The van der Waals surface area contributed by atoms with E-state index in [0.717, 1.165) is 11.1 Å². The third-order valence-electron chi connectivity index (χ3n) is 2.76.